The van der Waals surface area contributed by atoms with Crippen LogP contribution in [0.25, 0.3) is 0 Å². The summed E-state index contributed by atoms with van der Waals surface area (Å²) < 4.78 is 5.45. The SMILES string of the molecule is CC(C)NC(N)=NC(CC1CCOCC1)c1ccccc1. The van der Waals surface area contributed by atoms with Crippen LogP contribution in [0.5, 0.6) is 0 Å². The lowest BCUT2D eigenvalue weighted by Crippen LogP contribution is -2.37. The molecule has 0 spiro atoms. The van der Waals surface area contributed by atoms with Gasteiger partial charge in [0.05, 0.1) is 6.04 Å². The summed E-state index contributed by atoms with van der Waals surface area (Å²) in [4.78, 5) is 4.72. The lowest BCUT2D eigenvalue weighted by Gasteiger charge is -2.25. The van der Waals surface area contributed by atoms with E-state index in [0.29, 0.717) is 17.9 Å². The van der Waals surface area contributed by atoms with Crippen LogP contribution < -0.4 is 11.1 Å². The third-order valence-corrected chi connectivity index (χ3v) is 3.81. The second-order valence-corrected chi connectivity index (χ2v) is 6.03. The Balaban J connectivity index is 2.10. The highest BCUT2D eigenvalue weighted by molar-refractivity contribution is 5.78. The molecular weight excluding hydrogens is 262 g/mol. The molecule has 1 heterocycles. The van der Waals surface area contributed by atoms with Crippen molar-refractivity contribution in [1.29, 1.82) is 0 Å². The van der Waals surface area contributed by atoms with Gasteiger partial charge in [0.25, 0.3) is 0 Å². The van der Waals surface area contributed by atoms with Crippen LogP contribution in [-0.2, 0) is 4.74 Å². The molecule has 4 nitrogen and oxygen atoms in total. The second-order valence-electron chi connectivity index (χ2n) is 6.03. The van der Waals surface area contributed by atoms with Crippen molar-refractivity contribution in [3.05, 3.63) is 35.9 Å². The molecule has 1 aliphatic rings. The average Bonchev–Trinajstić information content (AvgIpc) is 2.48. The Labute approximate surface area is 127 Å². The van der Waals surface area contributed by atoms with Gasteiger partial charge in [-0.1, -0.05) is 30.3 Å². The molecule has 1 atom stereocenters. The van der Waals surface area contributed by atoms with Crippen LogP contribution >= 0.6 is 0 Å². The molecule has 0 saturated carbocycles. The highest BCUT2D eigenvalue weighted by Crippen LogP contribution is 2.30. The Bertz CT molecular complexity index is 439. The molecule has 2 rings (SSSR count). The lowest BCUT2D eigenvalue weighted by molar-refractivity contribution is 0.0619. The number of aliphatic imine (C=N–C) groups is 1. The molecule has 116 valence electrons. The van der Waals surface area contributed by atoms with E-state index in [4.69, 9.17) is 15.5 Å². The number of benzene rings is 1. The minimum absolute atomic E-state index is 0.126. The Kier molecular flexibility index (Phi) is 6.05. The summed E-state index contributed by atoms with van der Waals surface area (Å²) in [5.41, 5.74) is 7.27. The van der Waals surface area contributed by atoms with Crippen LogP contribution in [0.15, 0.2) is 35.3 Å². The smallest absolute Gasteiger partial charge is 0.189 e. The monoisotopic (exact) mass is 289 g/mol. The van der Waals surface area contributed by atoms with E-state index in [-0.39, 0.29) is 6.04 Å². The minimum Gasteiger partial charge on any atom is -0.381 e. The van der Waals surface area contributed by atoms with Crippen LogP contribution in [0.3, 0.4) is 0 Å². The number of guanidine groups is 1. The highest BCUT2D eigenvalue weighted by atomic mass is 16.5. The van der Waals surface area contributed by atoms with Gasteiger partial charge in [-0.15, -0.1) is 0 Å². The van der Waals surface area contributed by atoms with Gasteiger partial charge >= 0.3 is 0 Å². The van der Waals surface area contributed by atoms with E-state index in [1.807, 2.05) is 6.07 Å². The van der Waals surface area contributed by atoms with Crippen LogP contribution in [-0.4, -0.2) is 25.2 Å². The summed E-state index contributed by atoms with van der Waals surface area (Å²) in [7, 11) is 0. The molecule has 0 amide bonds. The lowest BCUT2D eigenvalue weighted by atomic mass is 9.90. The van der Waals surface area contributed by atoms with Crippen molar-refractivity contribution in [3.8, 4) is 0 Å². The largest absolute Gasteiger partial charge is 0.381 e. The Morgan fingerprint density at radius 2 is 1.95 bits per heavy atom. The van der Waals surface area contributed by atoms with Crippen LogP contribution in [0.4, 0.5) is 0 Å². The van der Waals surface area contributed by atoms with Crippen LogP contribution in [0.1, 0.15) is 44.7 Å². The molecule has 0 radical (unpaired) electrons. The Morgan fingerprint density at radius 1 is 1.29 bits per heavy atom. The number of nitrogens with two attached hydrogens (primary N) is 1. The molecule has 1 fully saturated rings. The quantitative estimate of drug-likeness (QED) is 0.647. The Morgan fingerprint density at radius 3 is 2.57 bits per heavy atom. The van der Waals surface area contributed by atoms with Gasteiger partial charge in [-0.05, 0) is 44.6 Å². The molecular formula is C17H27N3O. The first-order valence-corrected chi connectivity index (χ1v) is 7.87. The normalized spacial score (nSPS) is 18.7. The first-order valence-electron chi connectivity index (χ1n) is 7.87. The van der Waals surface area contributed by atoms with Crippen molar-refractivity contribution in [3.63, 3.8) is 0 Å². The molecule has 1 aromatic rings. The van der Waals surface area contributed by atoms with Crippen molar-refractivity contribution >= 4 is 5.96 Å². The van der Waals surface area contributed by atoms with E-state index in [0.717, 1.165) is 32.5 Å². The van der Waals surface area contributed by atoms with Gasteiger partial charge in [0.15, 0.2) is 5.96 Å². The number of nitrogens with zero attached hydrogens (tertiary/aromatic N) is 1. The number of nitrogens with one attached hydrogen (secondary N) is 1. The molecule has 4 heteroatoms. The van der Waals surface area contributed by atoms with E-state index >= 15 is 0 Å². The van der Waals surface area contributed by atoms with Crippen LogP contribution in [0.2, 0.25) is 0 Å². The predicted molar refractivity (Wildman–Crippen MR) is 87.2 cm³/mol. The van der Waals surface area contributed by atoms with Crippen molar-refractivity contribution in [2.45, 2.75) is 45.2 Å². The van der Waals surface area contributed by atoms with Crippen molar-refractivity contribution < 1.29 is 4.74 Å². The molecule has 1 saturated heterocycles. The molecule has 0 bridgehead atoms. The fourth-order valence-electron chi connectivity index (χ4n) is 2.74. The first kappa shape index (κ1) is 15.8. The third kappa shape index (κ3) is 5.38. The molecule has 1 aliphatic heterocycles. The second kappa shape index (κ2) is 8.03. The van der Waals surface area contributed by atoms with Crippen molar-refractivity contribution in [1.82, 2.24) is 5.32 Å². The minimum atomic E-state index is 0.126. The van der Waals surface area contributed by atoms with Crippen molar-refractivity contribution in [2.75, 3.05) is 13.2 Å². The summed E-state index contributed by atoms with van der Waals surface area (Å²) in [6.45, 7) is 5.88. The number of hydrogen-bond acceptors (Lipinski definition) is 2. The molecule has 21 heavy (non-hydrogen) atoms. The molecule has 0 aliphatic carbocycles. The zero-order valence-electron chi connectivity index (χ0n) is 13.1. The van der Waals surface area contributed by atoms with Gasteiger partial charge in [-0.25, -0.2) is 4.99 Å². The maximum absolute atomic E-state index is 6.03. The highest BCUT2D eigenvalue weighted by Gasteiger charge is 2.20. The first-order chi connectivity index (χ1) is 10.1. The van der Waals surface area contributed by atoms with Crippen molar-refractivity contribution in [2.24, 2.45) is 16.6 Å². The fraction of sp³-hybridized carbons (Fsp3) is 0.588. The number of rotatable bonds is 5. The van der Waals surface area contributed by atoms with Gasteiger partial charge in [0.1, 0.15) is 0 Å². The summed E-state index contributed by atoms with van der Waals surface area (Å²) in [5, 5.41) is 3.18. The summed E-state index contributed by atoms with van der Waals surface area (Å²) in [5.74, 6) is 1.20. The van der Waals surface area contributed by atoms with E-state index in [1.54, 1.807) is 0 Å². The number of hydrogen-bond donors (Lipinski definition) is 2. The van der Waals surface area contributed by atoms with Gasteiger partial charge in [-0.3, -0.25) is 0 Å². The van der Waals surface area contributed by atoms with E-state index in [9.17, 15) is 0 Å². The molecule has 0 aromatic heterocycles. The maximum atomic E-state index is 6.03. The number of ether oxygens (including phenoxy) is 1. The summed E-state index contributed by atoms with van der Waals surface area (Å²) in [6, 6.07) is 10.9. The molecule has 1 unspecified atom stereocenters. The average molecular weight is 289 g/mol. The van der Waals surface area contributed by atoms with E-state index < -0.39 is 0 Å². The van der Waals surface area contributed by atoms with E-state index in [2.05, 4.69) is 43.4 Å². The third-order valence-electron chi connectivity index (χ3n) is 3.81. The predicted octanol–water partition coefficient (Wildman–Crippen LogP) is 2.86. The van der Waals surface area contributed by atoms with E-state index in [1.165, 1.54) is 5.56 Å². The summed E-state index contributed by atoms with van der Waals surface area (Å²) >= 11 is 0. The van der Waals surface area contributed by atoms with Gasteiger partial charge in [-0.2, -0.15) is 0 Å². The topological polar surface area (TPSA) is 59.6 Å². The maximum Gasteiger partial charge on any atom is 0.189 e. The fourth-order valence-corrected chi connectivity index (χ4v) is 2.74. The molecule has 1 aromatic carbocycles. The van der Waals surface area contributed by atoms with Gasteiger partial charge < -0.3 is 15.8 Å². The van der Waals surface area contributed by atoms with Gasteiger partial charge in [0, 0.05) is 19.3 Å². The zero-order chi connectivity index (χ0) is 15.1. The Hall–Kier alpha value is -1.55. The molecule has 3 N–H and O–H groups in total. The zero-order valence-corrected chi connectivity index (χ0v) is 13.1. The van der Waals surface area contributed by atoms with Gasteiger partial charge in [0.2, 0.25) is 0 Å². The standard InChI is InChI=1S/C17H27N3O/c1-13(2)19-17(18)20-16(15-6-4-3-5-7-15)12-14-8-10-21-11-9-14/h3-7,13-14,16H,8-12H2,1-2H3,(H3,18,19,20). The van der Waals surface area contributed by atoms with Crippen LogP contribution in [0, 0.1) is 5.92 Å². The summed E-state index contributed by atoms with van der Waals surface area (Å²) in [6.07, 6.45) is 3.28.